The fraction of sp³-hybridized carbons (Fsp3) is 0.273. The van der Waals surface area contributed by atoms with Gasteiger partial charge in [-0.2, -0.15) is 5.10 Å². The second-order valence-electron chi connectivity index (χ2n) is 3.09. The standard InChI is InChI=1S/C11H15N3S/c1-3-12-11(15)14-13-8-10-7-5-4-6-9(10)2/h4-8H,3H2,1-2H3,(H2,12,14,15)/b13-8+. The molecule has 0 saturated carbocycles. The second kappa shape index (κ2) is 6.14. The summed E-state index contributed by atoms with van der Waals surface area (Å²) in [7, 11) is 0. The summed E-state index contributed by atoms with van der Waals surface area (Å²) in [5.74, 6) is 0. The lowest BCUT2D eigenvalue weighted by Gasteiger charge is -2.03. The van der Waals surface area contributed by atoms with Crippen molar-refractivity contribution in [3.63, 3.8) is 0 Å². The maximum absolute atomic E-state index is 4.97. The molecule has 0 saturated heterocycles. The predicted octanol–water partition coefficient (Wildman–Crippen LogP) is 1.81. The highest BCUT2D eigenvalue weighted by Crippen LogP contribution is 2.02. The molecule has 80 valence electrons. The molecule has 0 aromatic heterocycles. The highest BCUT2D eigenvalue weighted by molar-refractivity contribution is 7.80. The van der Waals surface area contributed by atoms with Crippen molar-refractivity contribution in [3.05, 3.63) is 35.4 Å². The number of aryl methyl sites for hydroxylation is 1. The molecule has 3 nitrogen and oxygen atoms in total. The number of nitrogens with zero attached hydrogens (tertiary/aromatic N) is 1. The Morgan fingerprint density at radius 2 is 2.20 bits per heavy atom. The lowest BCUT2D eigenvalue weighted by atomic mass is 10.1. The lowest BCUT2D eigenvalue weighted by molar-refractivity contribution is 0.904. The Morgan fingerprint density at radius 1 is 1.47 bits per heavy atom. The molecule has 1 rings (SSSR count). The van der Waals surface area contributed by atoms with E-state index in [2.05, 4.69) is 15.8 Å². The third-order valence-electron chi connectivity index (χ3n) is 1.90. The first-order valence-corrected chi connectivity index (χ1v) is 5.27. The van der Waals surface area contributed by atoms with Crippen LogP contribution in [0.1, 0.15) is 18.1 Å². The first-order chi connectivity index (χ1) is 7.24. The first-order valence-electron chi connectivity index (χ1n) is 4.86. The fourth-order valence-corrected chi connectivity index (χ4v) is 1.29. The van der Waals surface area contributed by atoms with E-state index >= 15 is 0 Å². The van der Waals surface area contributed by atoms with Crippen LogP contribution in [-0.4, -0.2) is 17.9 Å². The Morgan fingerprint density at radius 3 is 2.87 bits per heavy atom. The molecular weight excluding hydrogens is 206 g/mol. The molecule has 2 N–H and O–H groups in total. The maximum Gasteiger partial charge on any atom is 0.186 e. The van der Waals surface area contributed by atoms with E-state index in [9.17, 15) is 0 Å². The Labute approximate surface area is 95.6 Å². The minimum atomic E-state index is 0.544. The van der Waals surface area contributed by atoms with E-state index < -0.39 is 0 Å². The minimum absolute atomic E-state index is 0.544. The molecule has 0 aliphatic rings. The summed E-state index contributed by atoms with van der Waals surface area (Å²) in [6.45, 7) is 4.83. The van der Waals surface area contributed by atoms with Crippen LogP contribution in [0.2, 0.25) is 0 Å². The quantitative estimate of drug-likeness (QED) is 0.464. The van der Waals surface area contributed by atoms with Crippen LogP contribution >= 0.6 is 12.2 Å². The van der Waals surface area contributed by atoms with Crippen molar-refractivity contribution in [2.45, 2.75) is 13.8 Å². The molecular formula is C11H15N3S. The zero-order chi connectivity index (χ0) is 11.1. The third kappa shape index (κ3) is 4.08. The largest absolute Gasteiger partial charge is 0.362 e. The molecule has 0 amide bonds. The van der Waals surface area contributed by atoms with E-state index in [1.165, 1.54) is 5.56 Å². The molecule has 0 unspecified atom stereocenters. The molecule has 0 bridgehead atoms. The van der Waals surface area contributed by atoms with Gasteiger partial charge < -0.3 is 5.32 Å². The van der Waals surface area contributed by atoms with Crippen molar-refractivity contribution in [2.75, 3.05) is 6.54 Å². The second-order valence-corrected chi connectivity index (χ2v) is 3.49. The predicted molar refractivity (Wildman–Crippen MR) is 68.2 cm³/mol. The van der Waals surface area contributed by atoms with Gasteiger partial charge in [0.2, 0.25) is 0 Å². The summed E-state index contributed by atoms with van der Waals surface area (Å²) in [5, 5.41) is 7.54. The van der Waals surface area contributed by atoms with E-state index in [4.69, 9.17) is 12.2 Å². The summed E-state index contributed by atoms with van der Waals surface area (Å²) in [6.07, 6.45) is 1.76. The van der Waals surface area contributed by atoms with Gasteiger partial charge in [-0.05, 0) is 37.2 Å². The maximum atomic E-state index is 4.97. The third-order valence-corrected chi connectivity index (χ3v) is 2.13. The lowest BCUT2D eigenvalue weighted by Crippen LogP contribution is -2.31. The number of hydrogen-bond donors (Lipinski definition) is 2. The average Bonchev–Trinajstić information content (AvgIpc) is 2.21. The van der Waals surface area contributed by atoms with Crippen LogP contribution in [0.15, 0.2) is 29.4 Å². The van der Waals surface area contributed by atoms with Gasteiger partial charge in [0.25, 0.3) is 0 Å². The Bertz CT molecular complexity index is 361. The molecule has 0 aliphatic carbocycles. The van der Waals surface area contributed by atoms with E-state index in [1.54, 1.807) is 6.21 Å². The van der Waals surface area contributed by atoms with Gasteiger partial charge in [0, 0.05) is 6.54 Å². The summed E-state index contributed by atoms with van der Waals surface area (Å²) in [4.78, 5) is 0. The van der Waals surface area contributed by atoms with Crippen LogP contribution in [0.4, 0.5) is 0 Å². The molecule has 0 aliphatic heterocycles. The smallest absolute Gasteiger partial charge is 0.186 e. The van der Waals surface area contributed by atoms with Crippen LogP contribution in [-0.2, 0) is 0 Å². The van der Waals surface area contributed by atoms with E-state index in [0.717, 1.165) is 12.1 Å². The van der Waals surface area contributed by atoms with Gasteiger partial charge in [-0.15, -0.1) is 0 Å². The topological polar surface area (TPSA) is 36.4 Å². The molecule has 0 atom stereocenters. The molecule has 4 heteroatoms. The number of rotatable bonds is 3. The highest BCUT2D eigenvalue weighted by Gasteiger charge is 1.92. The molecule has 0 heterocycles. The van der Waals surface area contributed by atoms with Gasteiger partial charge in [0.15, 0.2) is 5.11 Å². The number of benzene rings is 1. The zero-order valence-corrected chi connectivity index (χ0v) is 9.77. The number of nitrogens with one attached hydrogen (secondary N) is 2. The summed E-state index contributed by atoms with van der Waals surface area (Å²) < 4.78 is 0. The molecule has 0 spiro atoms. The Hall–Kier alpha value is -1.42. The van der Waals surface area contributed by atoms with E-state index in [0.29, 0.717) is 5.11 Å². The molecule has 1 aromatic carbocycles. The van der Waals surface area contributed by atoms with Crippen molar-refractivity contribution >= 4 is 23.5 Å². The van der Waals surface area contributed by atoms with Crippen LogP contribution in [0.25, 0.3) is 0 Å². The van der Waals surface area contributed by atoms with Gasteiger partial charge in [-0.3, -0.25) is 5.43 Å². The van der Waals surface area contributed by atoms with Gasteiger partial charge >= 0.3 is 0 Å². The van der Waals surface area contributed by atoms with Gasteiger partial charge in [-0.1, -0.05) is 24.3 Å². The average molecular weight is 221 g/mol. The monoisotopic (exact) mass is 221 g/mol. The number of hydrogen-bond acceptors (Lipinski definition) is 2. The molecule has 0 fully saturated rings. The van der Waals surface area contributed by atoms with E-state index in [-0.39, 0.29) is 0 Å². The van der Waals surface area contributed by atoms with Crippen LogP contribution in [0, 0.1) is 6.92 Å². The first kappa shape index (κ1) is 11.7. The van der Waals surface area contributed by atoms with Crippen molar-refractivity contribution in [1.82, 2.24) is 10.7 Å². The SMILES string of the molecule is CCNC(=S)N/N=C/c1ccccc1C. The van der Waals surface area contributed by atoms with Crippen molar-refractivity contribution in [2.24, 2.45) is 5.10 Å². The summed E-state index contributed by atoms with van der Waals surface area (Å²) in [5.41, 5.74) is 5.03. The Balaban J connectivity index is 2.52. The van der Waals surface area contributed by atoms with Gasteiger partial charge in [-0.25, -0.2) is 0 Å². The molecule has 15 heavy (non-hydrogen) atoms. The normalized spacial score (nSPS) is 10.3. The minimum Gasteiger partial charge on any atom is -0.362 e. The van der Waals surface area contributed by atoms with Crippen molar-refractivity contribution in [3.8, 4) is 0 Å². The Kier molecular flexibility index (Phi) is 4.77. The molecule has 1 aromatic rings. The highest BCUT2D eigenvalue weighted by atomic mass is 32.1. The zero-order valence-electron chi connectivity index (χ0n) is 8.95. The summed E-state index contributed by atoms with van der Waals surface area (Å²) in [6, 6.07) is 8.04. The van der Waals surface area contributed by atoms with Crippen molar-refractivity contribution in [1.29, 1.82) is 0 Å². The van der Waals surface area contributed by atoms with Gasteiger partial charge in [0.05, 0.1) is 6.21 Å². The van der Waals surface area contributed by atoms with Crippen LogP contribution < -0.4 is 10.7 Å². The van der Waals surface area contributed by atoms with Crippen LogP contribution in [0.3, 0.4) is 0 Å². The number of thiocarbonyl (C=S) groups is 1. The fourth-order valence-electron chi connectivity index (χ4n) is 1.09. The van der Waals surface area contributed by atoms with E-state index in [1.807, 2.05) is 38.1 Å². The van der Waals surface area contributed by atoms with Crippen LogP contribution in [0.5, 0.6) is 0 Å². The number of hydrazone groups is 1. The van der Waals surface area contributed by atoms with Crippen molar-refractivity contribution < 1.29 is 0 Å². The molecule has 0 radical (unpaired) electrons. The van der Waals surface area contributed by atoms with Gasteiger partial charge in [0.1, 0.15) is 0 Å². The summed E-state index contributed by atoms with van der Waals surface area (Å²) >= 11 is 4.97.